The van der Waals surface area contributed by atoms with Gasteiger partial charge < -0.3 is 20.5 Å². The Bertz CT molecular complexity index is 1090. The Morgan fingerprint density at radius 3 is 2.11 bits per heavy atom. The van der Waals surface area contributed by atoms with Crippen LogP contribution < -0.4 is 10.6 Å². The van der Waals surface area contributed by atoms with E-state index in [9.17, 15) is 19.5 Å². The number of aliphatic hydroxyl groups excluding tert-OH is 1. The molecule has 3 N–H and O–H groups in total. The van der Waals surface area contributed by atoms with Crippen molar-refractivity contribution in [3.05, 3.63) is 64.7 Å². The van der Waals surface area contributed by atoms with E-state index >= 15 is 0 Å². The molecule has 2 aromatic carbocycles. The minimum absolute atomic E-state index is 0.472. The highest BCUT2D eigenvalue weighted by Gasteiger charge is 2.36. The number of benzene rings is 2. The molecule has 2 atom stereocenters. The molecule has 0 aromatic heterocycles. The van der Waals surface area contributed by atoms with Gasteiger partial charge in [-0.05, 0) is 58.2 Å². The molecular formula is C27H33N3O5. The Labute approximate surface area is 206 Å². The average Bonchev–Trinajstić information content (AvgIpc) is 2.77. The molecule has 0 radical (unpaired) electrons. The van der Waals surface area contributed by atoms with Crippen molar-refractivity contribution in [2.45, 2.75) is 59.2 Å². The number of terminal acetylenes is 1. The number of rotatable bonds is 7. The van der Waals surface area contributed by atoms with Gasteiger partial charge in [-0.15, -0.1) is 0 Å². The zero-order chi connectivity index (χ0) is 26.3. The van der Waals surface area contributed by atoms with E-state index in [1.807, 2.05) is 39.0 Å². The Hall–Kier alpha value is -3.83. The molecular weight excluding hydrogens is 446 g/mol. The number of alkyl carbamates (subject to hydrolysis) is 1. The summed E-state index contributed by atoms with van der Waals surface area (Å²) in [5.74, 6) is -1.37. The maximum Gasteiger partial charge on any atom is 0.408 e. The smallest absolute Gasteiger partial charge is 0.408 e. The van der Waals surface area contributed by atoms with Crippen LogP contribution in [0.3, 0.4) is 0 Å². The first-order chi connectivity index (χ1) is 16.4. The van der Waals surface area contributed by atoms with Crippen molar-refractivity contribution in [2.75, 3.05) is 11.9 Å². The molecule has 0 saturated carbocycles. The molecule has 0 bridgehead atoms. The fraction of sp³-hybridized carbons (Fsp3) is 0.370. The summed E-state index contributed by atoms with van der Waals surface area (Å²) in [4.78, 5) is 40.0. The van der Waals surface area contributed by atoms with Crippen LogP contribution in [0.2, 0.25) is 0 Å². The summed E-state index contributed by atoms with van der Waals surface area (Å²) in [5.41, 5.74) is 2.93. The first-order valence-corrected chi connectivity index (χ1v) is 11.2. The van der Waals surface area contributed by atoms with Crippen LogP contribution in [0, 0.1) is 33.2 Å². The number of nitrogens with zero attached hydrogens (tertiary/aromatic N) is 1. The van der Waals surface area contributed by atoms with Crippen LogP contribution in [0.25, 0.3) is 0 Å². The van der Waals surface area contributed by atoms with Crippen molar-refractivity contribution in [2.24, 2.45) is 0 Å². The number of aliphatic hydroxyl groups is 1. The van der Waals surface area contributed by atoms with Gasteiger partial charge in [0.2, 0.25) is 0 Å². The lowest BCUT2D eigenvalue weighted by atomic mass is 10.0. The van der Waals surface area contributed by atoms with Gasteiger partial charge >= 0.3 is 6.09 Å². The molecule has 0 saturated heterocycles. The Kier molecular flexibility index (Phi) is 9.04. The topological polar surface area (TPSA) is 108 Å². The van der Waals surface area contributed by atoms with E-state index in [1.54, 1.807) is 45.0 Å². The maximum absolute atomic E-state index is 13.6. The number of amides is 3. The molecule has 8 nitrogen and oxygen atoms in total. The van der Waals surface area contributed by atoms with E-state index in [0.717, 1.165) is 21.6 Å². The van der Waals surface area contributed by atoms with Crippen molar-refractivity contribution in [1.29, 1.82) is 0 Å². The number of anilines is 1. The van der Waals surface area contributed by atoms with E-state index in [0.29, 0.717) is 11.3 Å². The fourth-order valence-corrected chi connectivity index (χ4v) is 3.44. The van der Waals surface area contributed by atoms with E-state index in [1.165, 1.54) is 0 Å². The van der Waals surface area contributed by atoms with Crippen molar-refractivity contribution in [3.8, 4) is 12.5 Å². The summed E-state index contributed by atoms with van der Waals surface area (Å²) < 4.78 is 5.18. The fourth-order valence-electron chi connectivity index (χ4n) is 3.44. The largest absolute Gasteiger partial charge is 0.444 e. The molecule has 2 aromatic rings. The van der Waals surface area contributed by atoms with E-state index < -0.39 is 42.2 Å². The number of carbonyl (C=O) groups is 3. The Morgan fingerprint density at radius 1 is 1.06 bits per heavy atom. The first kappa shape index (κ1) is 27.4. The number of aryl methyl sites for hydroxylation is 3. The quantitative estimate of drug-likeness (QED) is 0.415. The molecule has 0 aliphatic carbocycles. The highest BCUT2D eigenvalue weighted by atomic mass is 16.6. The van der Waals surface area contributed by atoms with Crippen LogP contribution >= 0.6 is 0 Å². The number of carbonyl (C=O) groups excluding carboxylic acids is 3. The zero-order valence-electron chi connectivity index (χ0n) is 21.0. The molecule has 2 unspecified atom stereocenters. The van der Waals surface area contributed by atoms with Gasteiger partial charge in [0.15, 0.2) is 0 Å². The molecule has 186 valence electrons. The third kappa shape index (κ3) is 7.33. The standard InChI is InChI=1S/C27H33N3O5/c1-8-30(25(33)21(16-31)28-26(34)35-27(5,6)7)23(20-14-12-17(2)13-15-20)24(32)29-22-18(3)10-9-11-19(22)4/h1,9-15,21,23,31H,16H2,2-7H3,(H,28,34)(H,29,32). The number of para-hydroxylation sites is 1. The van der Waals surface area contributed by atoms with Gasteiger partial charge in [0.25, 0.3) is 11.8 Å². The predicted molar refractivity (Wildman–Crippen MR) is 134 cm³/mol. The summed E-state index contributed by atoms with van der Waals surface area (Å²) in [6.45, 7) is 9.88. The lowest BCUT2D eigenvalue weighted by Gasteiger charge is -2.30. The monoisotopic (exact) mass is 479 g/mol. The molecule has 0 heterocycles. The second-order valence-corrected chi connectivity index (χ2v) is 9.29. The van der Waals surface area contributed by atoms with Crippen LogP contribution in [-0.4, -0.2) is 46.2 Å². The number of nitrogens with one attached hydrogen (secondary N) is 2. The van der Waals surface area contributed by atoms with Gasteiger partial charge in [-0.3, -0.25) is 14.5 Å². The molecule has 3 amide bonds. The highest BCUT2D eigenvalue weighted by molar-refractivity contribution is 6.00. The molecule has 35 heavy (non-hydrogen) atoms. The lowest BCUT2D eigenvalue weighted by molar-refractivity contribution is -0.137. The molecule has 0 fully saturated rings. The summed E-state index contributed by atoms with van der Waals surface area (Å²) in [6, 6.07) is 12.2. The number of hydrogen-bond acceptors (Lipinski definition) is 5. The normalized spacial score (nSPS) is 12.6. The maximum atomic E-state index is 13.6. The van der Waals surface area contributed by atoms with Crippen molar-refractivity contribution in [3.63, 3.8) is 0 Å². The molecule has 8 heteroatoms. The minimum Gasteiger partial charge on any atom is -0.444 e. The average molecular weight is 480 g/mol. The third-order valence-corrected chi connectivity index (χ3v) is 5.18. The summed E-state index contributed by atoms with van der Waals surface area (Å²) in [5, 5.41) is 15.1. The SMILES string of the molecule is C#CN(C(=O)C(CO)NC(=O)OC(C)(C)C)C(C(=O)Nc1c(C)cccc1C)c1ccc(C)cc1. The van der Waals surface area contributed by atoms with Crippen LogP contribution in [0.5, 0.6) is 0 Å². The van der Waals surface area contributed by atoms with Gasteiger partial charge in [0.1, 0.15) is 17.7 Å². The molecule has 0 aliphatic rings. The minimum atomic E-state index is -1.41. The van der Waals surface area contributed by atoms with E-state index in [4.69, 9.17) is 11.2 Å². The second kappa shape index (κ2) is 11.5. The second-order valence-electron chi connectivity index (χ2n) is 9.29. The summed E-state index contributed by atoms with van der Waals surface area (Å²) >= 11 is 0. The van der Waals surface area contributed by atoms with Crippen molar-refractivity contribution in [1.82, 2.24) is 10.2 Å². The van der Waals surface area contributed by atoms with Crippen LogP contribution in [0.15, 0.2) is 42.5 Å². The summed E-state index contributed by atoms with van der Waals surface area (Å²) in [6.07, 6.45) is 4.81. The van der Waals surface area contributed by atoms with Gasteiger partial charge in [-0.1, -0.05) is 54.5 Å². The third-order valence-electron chi connectivity index (χ3n) is 5.18. The van der Waals surface area contributed by atoms with E-state index in [2.05, 4.69) is 16.7 Å². The Morgan fingerprint density at radius 2 is 1.63 bits per heavy atom. The van der Waals surface area contributed by atoms with Gasteiger partial charge in [0, 0.05) is 11.7 Å². The van der Waals surface area contributed by atoms with Crippen molar-refractivity contribution >= 4 is 23.6 Å². The number of ether oxygens (including phenoxy) is 1. The highest BCUT2D eigenvalue weighted by Crippen LogP contribution is 2.26. The zero-order valence-corrected chi connectivity index (χ0v) is 21.0. The summed E-state index contributed by atoms with van der Waals surface area (Å²) in [7, 11) is 0. The molecule has 0 spiro atoms. The van der Waals surface area contributed by atoms with Crippen LogP contribution in [0.4, 0.5) is 10.5 Å². The van der Waals surface area contributed by atoms with Gasteiger partial charge in [-0.2, -0.15) is 0 Å². The lowest BCUT2D eigenvalue weighted by Crippen LogP contribution is -2.52. The first-order valence-electron chi connectivity index (χ1n) is 11.2. The van der Waals surface area contributed by atoms with Crippen LogP contribution in [0.1, 0.15) is 49.1 Å². The molecule has 0 aliphatic heterocycles. The van der Waals surface area contributed by atoms with Crippen molar-refractivity contribution < 1.29 is 24.2 Å². The van der Waals surface area contributed by atoms with E-state index in [-0.39, 0.29) is 0 Å². The predicted octanol–water partition coefficient (Wildman–Crippen LogP) is 3.60. The van der Waals surface area contributed by atoms with Gasteiger partial charge in [0.05, 0.1) is 6.61 Å². The van der Waals surface area contributed by atoms with Gasteiger partial charge in [-0.25, -0.2) is 4.79 Å². The Balaban J connectivity index is 2.43. The molecule has 2 rings (SSSR count). The number of hydrogen-bond donors (Lipinski definition) is 3. The van der Waals surface area contributed by atoms with Crippen LogP contribution in [-0.2, 0) is 14.3 Å².